The van der Waals surface area contributed by atoms with Crippen molar-refractivity contribution in [1.29, 1.82) is 5.26 Å². The summed E-state index contributed by atoms with van der Waals surface area (Å²) >= 11 is 0. The molecule has 0 aromatic rings. The monoisotopic (exact) mass is 608 g/mol. The Labute approximate surface area is 247 Å². The number of unbranched alkanes of at least 4 members (excludes halogenated alkanes) is 6. The highest BCUT2D eigenvalue weighted by atomic mass is 28.5. The van der Waals surface area contributed by atoms with Crippen LogP contribution in [0.4, 0.5) is 0 Å². The third kappa shape index (κ3) is 11.6. The summed E-state index contributed by atoms with van der Waals surface area (Å²) in [6, 6.07) is 3.47. The van der Waals surface area contributed by atoms with Crippen molar-refractivity contribution in [3.8, 4) is 6.07 Å². The molecule has 0 saturated carbocycles. The van der Waals surface area contributed by atoms with Gasteiger partial charge < -0.3 is 22.7 Å². The van der Waals surface area contributed by atoms with Gasteiger partial charge in [0.1, 0.15) is 5.73 Å². The fraction of sp³-hybridized carbons (Fsp3) is 0.800. The molecule has 1 aliphatic heterocycles. The molecule has 228 valence electrons. The minimum atomic E-state index is -3.01. The summed E-state index contributed by atoms with van der Waals surface area (Å²) in [5, 5.41) is 13.6. The molecule has 2 aliphatic rings. The maximum absolute atomic E-state index is 13.7. The van der Waals surface area contributed by atoms with Crippen molar-refractivity contribution in [1.82, 2.24) is 5.32 Å². The minimum Gasteiger partial charge on any atom is -0.459 e. The molecule has 4 atom stereocenters. The van der Waals surface area contributed by atoms with Crippen molar-refractivity contribution >= 4 is 31.4 Å². The summed E-state index contributed by atoms with van der Waals surface area (Å²) in [6.07, 6.45) is 15.6. The highest BCUT2D eigenvalue weighted by Gasteiger charge is 2.53. The zero-order valence-electron chi connectivity index (χ0n) is 26.6. The summed E-state index contributed by atoms with van der Waals surface area (Å²) in [5.41, 5.74) is 1.31. The number of allylic oxidation sites excluding steroid dienone is 3. The maximum Gasteiger partial charge on any atom is 0.358 e. The number of esters is 1. The minimum absolute atomic E-state index is 0.339. The van der Waals surface area contributed by atoms with Crippen LogP contribution in [0.5, 0.6) is 0 Å². The first-order valence-electron chi connectivity index (χ1n) is 15.7. The Balaban J connectivity index is 2.26. The molecule has 1 aliphatic carbocycles. The van der Waals surface area contributed by atoms with E-state index in [9.17, 15) is 10.1 Å². The molecule has 1 fully saturated rings. The lowest BCUT2D eigenvalue weighted by Gasteiger charge is -2.45. The number of carbonyl (C=O) groups is 1. The Hall–Kier alpha value is -1.23. The van der Waals surface area contributed by atoms with Gasteiger partial charge in [-0.05, 0) is 89.5 Å². The van der Waals surface area contributed by atoms with E-state index in [1.54, 1.807) is 0 Å². The number of ether oxygens (including phenoxy) is 1. The van der Waals surface area contributed by atoms with Crippen LogP contribution < -0.4 is 5.32 Å². The van der Waals surface area contributed by atoms with Gasteiger partial charge in [0.15, 0.2) is 14.2 Å². The summed E-state index contributed by atoms with van der Waals surface area (Å²) in [7, 11) is -7.59. The van der Waals surface area contributed by atoms with E-state index >= 15 is 0 Å². The van der Waals surface area contributed by atoms with E-state index in [1.807, 2.05) is 12.2 Å². The van der Waals surface area contributed by atoms with Crippen molar-refractivity contribution in [2.75, 3.05) is 6.61 Å². The predicted octanol–water partition coefficient (Wildman–Crippen LogP) is 7.75. The third-order valence-corrected chi connectivity index (χ3v) is 19.2. The first-order chi connectivity index (χ1) is 18.8. The van der Waals surface area contributed by atoms with Gasteiger partial charge in [0.05, 0.1) is 6.07 Å². The van der Waals surface area contributed by atoms with Crippen LogP contribution in [0.2, 0.25) is 38.8 Å². The van der Waals surface area contributed by atoms with Crippen molar-refractivity contribution in [2.24, 2.45) is 5.92 Å². The fourth-order valence-electron chi connectivity index (χ4n) is 5.46. The molecule has 2 rings (SSSR count). The van der Waals surface area contributed by atoms with Gasteiger partial charge in [-0.2, -0.15) is 5.26 Å². The van der Waals surface area contributed by atoms with Crippen molar-refractivity contribution < 1.29 is 22.2 Å². The molecule has 0 aromatic heterocycles. The largest absolute Gasteiger partial charge is 0.459 e. The SMILES string of the molecule is CCCCCCCCCC(OC(=O)C(C#N)C1=CCCC(NC(C)CC)=C1)[Si]1(C)O[Si](C)(C)CCO[Si](C)(C)O1. The summed E-state index contributed by atoms with van der Waals surface area (Å²) < 4.78 is 26.3. The normalized spacial score (nSPS) is 24.8. The highest BCUT2D eigenvalue weighted by Crippen LogP contribution is 2.33. The van der Waals surface area contributed by atoms with Crippen LogP contribution in [0.15, 0.2) is 23.4 Å². The number of hydrogen-bond donors (Lipinski definition) is 1. The van der Waals surface area contributed by atoms with Gasteiger partial charge >= 0.3 is 23.1 Å². The van der Waals surface area contributed by atoms with E-state index in [4.69, 9.17) is 17.4 Å². The molecule has 4 unspecified atom stereocenters. The van der Waals surface area contributed by atoms with Gasteiger partial charge in [-0.3, -0.25) is 4.79 Å². The van der Waals surface area contributed by atoms with E-state index in [0.29, 0.717) is 19.1 Å². The standard InChI is InChI=1S/C30H56N2O5Si3/c1-9-11-12-13-14-15-16-20-29(40(8)36-38(4,5)22-21-34-39(6,7)37-40)35-30(33)28(24-31)26-18-17-19-27(23-26)32-25(3)10-2/h18,23,25,28-29,32H,9-17,19-22H2,1-8H3. The number of nitriles is 1. The van der Waals surface area contributed by atoms with Gasteiger partial charge in [-0.25, -0.2) is 0 Å². The van der Waals surface area contributed by atoms with Gasteiger partial charge in [0.25, 0.3) is 0 Å². The van der Waals surface area contributed by atoms with Crippen LogP contribution in [0, 0.1) is 17.2 Å². The lowest BCUT2D eigenvalue weighted by atomic mass is 9.93. The van der Waals surface area contributed by atoms with Crippen LogP contribution in [-0.2, 0) is 22.2 Å². The molecule has 1 heterocycles. The van der Waals surface area contributed by atoms with Crippen LogP contribution in [0.25, 0.3) is 0 Å². The molecular weight excluding hydrogens is 553 g/mol. The molecule has 0 bridgehead atoms. The summed E-state index contributed by atoms with van der Waals surface area (Å²) in [5.74, 6) is -1.46. The van der Waals surface area contributed by atoms with E-state index < -0.39 is 43.1 Å². The Kier molecular flexibility index (Phi) is 14.4. The highest BCUT2D eigenvalue weighted by molar-refractivity contribution is 6.88. The molecule has 10 heteroatoms. The first kappa shape index (κ1) is 35.0. The number of hydrogen-bond acceptors (Lipinski definition) is 7. The molecular formula is C30H56N2O5Si3. The van der Waals surface area contributed by atoms with Gasteiger partial charge in [0.2, 0.25) is 0 Å². The molecule has 0 aromatic carbocycles. The Morgan fingerprint density at radius 3 is 2.40 bits per heavy atom. The topological polar surface area (TPSA) is 89.8 Å². The molecule has 1 N–H and O–H groups in total. The first-order valence-corrected chi connectivity index (χ1v) is 24.0. The van der Waals surface area contributed by atoms with Crippen LogP contribution in [0.1, 0.15) is 91.4 Å². The second-order valence-corrected chi connectivity index (χ2v) is 24.2. The molecule has 40 heavy (non-hydrogen) atoms. The maximum atomic E-state index is 13.7. The summed E-state index contributed by atoms with van der Waals surface area (Å²) in [4.78, 5) is 13.7. The van der Waals surface area contributed by atoms with E-state index in [0.717, 1.165) is 49.4 Å². The Morgan fingerprint density at radius 1 is 1.07 bits per heavy atom. The number of carbonyl (C=O) groups excluding carboxylic acids is 1. The number of rotatable bonds is 15. The second kappa shape index (κ2) is 16.4. The predicted molar refractivity (Wildman–Crippen MR) is 169 cm³/mol. The van der Waals surface area contributed by atoms with Crippen LogP contribution in [-0.4, -0.2) is 49.8 Å². The van der Waals surface area contributed by atoms with Gasteiger partial charge in [0, 0.05) is 18.3 Å². The Morgan fingerprint density at radius 2 is 1.75 bits per heavy atom. The average Bonchev–Trinajstić information content (AvgIpc) is 2.86. The van der Waals surface area contributed by atoms with Crippen molar-refractivity contribution in [2.45, 2.75) is 142 Å². The van der Waals surface area contributed by atoms with Crippen LogP contribution >= 0.6 is 0 Å². The molecule has 0 radical (unpaired) electrons. The lowest BCUT2D eigenvalue weighted by molar-refractivity contribution is -0.149. The third-order valence-electron chi connectivity index (χ3n) is 7.87. The molecule has 0 amide bonds. The zero-order valence-corrected chi connectivity index (χ0v) is 29.6. The van der Waals surface area contributed by atoms with Crippen molar-refractivity contribution in [3.63, 3.8) is 0 Å². The molecule has 7 nitrogen and oxygen atoms in total. The van der Waals surface area contributed by atoms with Gasteiger partial charge in [-0.15, -0.1) is 0 Å². The molecule has 1 saturated heterocycles. The fourth-order valence-corrected chi connectivity index (χ4v) is 18.4. The summed E-state index contributed by atoms with van der Waals surface area (Å²) in [6.45, 7) is 17.7. The quantitative estimate of drug-likeness (QED) is 0.115. The van der Waals surface area contributed by atoms with E-state index in [1.165, 1.54) is 32.1 Å². The number of nitrogens with one attached hydrogen (secondary N) is 1. The Bertz CT molecular complexity index is 898. The second-order valence-electron chi connectivity index (χ2n) is 12.7. The van der Waals surface area contributed by atoms with E-state index in [-0.39, 0.29) is 0 Å². The smallest absolute Gasteiger partial charge is 0.358 e. The zero-order chi connectivity index (χ0) is 29.8. The van der Waals surface area contributed by atoms with Crippen molar-refractivity contribution in [3.05, 3.63) is 23.4 Å². The van der Waals surface area contributed by atoms with E-state index in [2.05, 4.69) is 64.9 Å². The van der Waals surface area contributed by atoms with Crippen LogP contribution in [0.3, 0.4) is 0 Å². The lowest BCUT2D eigenvalue weighted by Crippen LogP contribution is -2.64. The molecule has 0 spiro atoms. The van der Waals surface area contributed by atoms with Gasteiger partial charge in [-0.1, -0.05) is 58.4 Å². The number of nitrogens with zero attached hydrogens (tertiary/aromatic N) is 1. The average molecular weight is 609 g/mol.